The molecule has 78 heavy (non-hydrogen) atoms. The van der Waals surface area contributed by atoms with Crippen LogP contribution in [0.1, 0.15) is 106 Å². The van der Waals surface area contributed by atoms with E-state index in [1.807, 2.05) is 38.2 Å². The predicted octanol–water partition coefficient (Wildman–Crippen LogP) is 9.14. The molecule has 2 bridgehead atoms. The molecule has 6 fully saturated rings. The Balaban J connectivity index is 0.580. The van der Waals surface area contributed by atoms with E-state index in [0.29, 0.717) is 68.7 Å². The lowest BCUT2D eigenvalue weighted by molar-refractivity contribution is -0.143. The molecular weight excluding hydrogens is 1010 g/mol. The summed E-state index contributed by atoms with van der Waals surface area (Å²) in [4.78, 5) is 55.8. The second-order valence-corrected chi connectivity index (χ2v) is 23.5. The highest BCUT2D eigenvalue weighted by molar-refractivity contribution is 6.32. The molecule has 404 valence electrons. The van der Waals surface area contributed by atoms with Gasteiger partial charge in [-0.15, -0.1) is 10.2 Å². The number of hydrogen-bond donors (Lipinski definition) is 4. The molecule has 0 radical (unpaired) electrons. The van der Waals surface area contributed by atoms with Gasteiger partial charge in [0, 0.05) is 85.2 Å². The van der Waals surface area contributed by atoms with Crippen LogP contribution >= 0.6 is 11.6 Å². The van der Waals surface area contributed by atoms with Gasteiger partial charge in [-0.2, -0.15) is 5.48 Å². The van der Waals surface area contributed by atoms with E-state index in [2.05, 4.69) is 52.9 Å². The van der Waals surface area contributed by atoms with Crippen molar-refractivity contribution in [1.82, 2.24) is 45.6 Å². The fraction of sp³-hybridized carbons (Fsp3) is 0.441. The van der Waals surface area contributed by atoms with E-state index < -0.39 is 24.0 Å². The monoisotopic (exact) mass is 1080 g/mol. The summed E-state index contributed by atoms with van der Waals surface area (Å²) < 4.78 is 20.3. The van der Waals surface area contributed by atoms with E-state index in [1.54, 1.807) is 54.6 Å². The molecule has 4 saturated heterocycles. The summed E-state index contributed by atoms with van der Waals surface area (Å²) in [6.45, 7) is 7.60. The maximum atomic E-state index is 14.4. The number of H-pyrrole nitrogens is 1. The van der Waals surface area contributed by atoms with Gasteiger partial charge in [-0.05, 0) is 129 Å². The van der Waals surface area contributed by atoms with Crippen molar-refractivity contribution < 1.29 is 33.6 Å². The second kappa shape index (κ2) is 20.3. The molecule has 2 amide bonds. The first kappa shape index (κ1) is 50.4. The number of likely N-dealkylation sites (tertiary alicyclic amines) is 2. The number of amides is 2. The number of fused-ring (bicyclic) bond motifs is 3. The van der Waals surface area contributed by atoms with Crippen molar-refractivity contribution in [2.75, 3.05) is 42.5 Å². The third-order valence-electron chi connectivity index (χ3n) is 18.0. The molecule has 4 aromatic heterocycles. The number of anilines is 2. The smallest absolute Gasteiger partial charge is 0.275 e. The molecule has 6 aliphatic rings. The van der Waals surface area contributed by atoms with E-state index in [0.717, 1.165) is 100 Å². The topological polar surface area (TPSA) is 202 Å². The van der Waals surface area contributed by atoms with E-state index in [4.69, 9.17) is 30.9 Å². The molecule has 2 saturated carbocycles. The second-order valence-electron chi connectivity index (χ2n) is 23.1. The first-order valence-electron chi connectivity index (χ1n) is 27.5. The summed E-state index contributed by atoms with van der Waals surface area (Å²) >= 11 is 7.09. The number of hydroxylamine groups is 1. The molecule has 1 spiro atoms. The van der Waals surface area contributed by atoms with Crippen LogP contribution in [0.5, 0.6) is 11.5 Å². The molecule has 17 nitrogen and oxygen atoms in total. The number of β-amino-alcohol motifs (C(OH)–C–C–N with tert-alkyl or cyclic N) is 1. The van der Waals surface area contributed by atoms with Crippen LogP contribution in [-0.2, 0) is 9.59 Å². The number of phenolic OH excluding ortho intramolecular Hbond substituents is 1. The maximum absolute atomic E-state index is 14.4. The zero-order chi connectivity index (χ0) is 53.4. The molecule has 5 atom stereocenters. The third kappa shape index (κ3) is 9.18. The summed E-state index contributed by atoms with van der Waals surface area (Å²) in [5.41, 5.74) is 8.85. The van der Waals surface area contributed by atoms with Crippen molar-refractivity contribution in [2.45, 2.75) is 120 Å². The molecule has 8 heterocycles. The van der Waals surface area contributed by atoms with Gasteiger partial charge < -0.3 is 44.2 Å². The van der Waals surface area contributed by atoms with Crippen LogP contribution in [-0.4, -0.2) is 125 Å². The summed E-state index contributed by atoms with van der Waals surface area (Å²) in [7, 11) is 0. The summed E-state index contributed by atoms with van der Waals surface area (Å²) in [5, 5.41) is 35.9. The van der Waals surface area contributed by atoms with Gasteiger partial charge in [-0.1, -0.05) is 73.1 Å². The molecule has 4 N–H and O–H groups in total. The first-order valence-corrected chi connectivity index (χ1v) is 27.9. The number of hydrogen-bond acceptors (Lipinski definition) is 14. The Kier molecular flexibility index (Phi) is 13.1. The van der Waals surface area contributed by atoms with Gasteiger partial charge in [-0.3, -0.25) is 9.59 Å². The lowest BCUT2D eigenvalue weighted by Crippen LogP contribution is -2.57. The fourth-order valence-corrected chi connectivity index (χ4v) is 14.3. The molecule has 13 rings (SSSR count). The van der Waals surface area contributed by atoms with Gasteiger partial charge in [0.05, 0.1) is 17.5 Å². The number of nitrogens with zero attached hydrogens (tertiary/aromatic N) is 9. The van der Waals surface area contributed by atoms with Crippen molar-refractivity contribution in [3.63, 3.8) is 0 Å². The first-order chi connectivity index (χ1) is 37.9. The summed E-state index contributed by atoms with van der Waals surface area (Å²) in [5.74, 6) is -0.183. The van der Waals surface area contributed by atoms with Crippen LogP contribution in [0, 0.1) is 17.2 Å². The lowest BCUT2D eigenvalue weighted by Gasteiger charge is -2.60. The number of carbonyl (C=O) groups is 2. The van der Waals surface area contributed by atoms with E-state index >= 15 is 0 Å². The van der Waals surface area contributed by atoms with E-state index in [1.165, 1.54) is 16.5 Å². The minimum absolute atomic E-state index is 0.0282. The number of benzene rings is 3. The molecule has 3 aromatic carbocycles. The van der Waals surface area contributed by atoms with E-state index in [9.17, 15) is 24.2 Å². The van der Waals surface area contributed by atoms with Gasteiger partial charge in [-0.25, -0.2) is 14.4 Å². The average Bonchev–Trinajstić information content (AvgIpc) is 4.22. The van der Waals surface area contributed by atoms with Crippen molar-refractivity contribution in [2.24, 2.45) is 11.3 Å². The summed E-state index contributed by atoms with van der Waals surface area (Å²) in [6, 6.07) is 22.5. The number of phenols is 1. The third-order valence-corrected chi connectivity index (χ3v) is 18.4. The predicted molar refractivity (Wildman–Crippen MR) is 291 cm³/mol. The van der Waals surface area contributed by atoms with Crippen LogP contribution in [0.3, 0.4) is 0 Å². The van der Waals surface area contributed by atoms with Crippen molar-refractivity contribution in [1.29, 1.82) is 0 Å². The quantitative estimate of drug-likeness (QED) is 0.0796. The number of piperidine rings is 1. The highest BCUT2D eigenvalue weighted by Gasteiger charge is 2.56. The number of halogens is 2. The highest BCUT2D eigenvalue weighted by atomic mass is 35.5. The Morgan fingerprint density at radius 1 is 0.872 bits per heavy atom. The highest BCUT2D eigenvalue weighted by Crippen LogP contribution is 2.64. The van der Waals surface area contributed by atoms with Crippen molar-refractivity contribution >= 4 is 46.1 Å². The van der Waals surface area contributed by atoms with Gasteiger partial charge in [0.15, 0.2) is 17.2 Å². The Bertz CT molecular complexity index is 3340. The molecule has 2 unspecified atom stereocenters. The number of aromatic hydroxyl groups is 1. The number of nitrogens with one attached hydrogen (secondary N) is 2. The van der Waals surface area contributed by atoms with Crippen molar-refractivity contribution in [3.8, 4) is 33.9 Å². The maximum Gasteiger partial charge on any atom is 0.275 e. The Morgan fingerprint density at radius 2 is 1.58 bits per heavy atom. The largest absolute Gasteiger partial charge is 0.507 e. The van der Waals surface area contributed by atoms with Crippen LogP contribution in [0.25, 0.3) is 33.4 Å². The minimum Gasteiger partial charge on any atom is -0.507 e. The molecule has 2 aliphatic carbocycles. The summed E-state index contributed by atoms with van der Waals surface area (Å²) in [6.07, 6.45) is 13.9. The lowest BCUT2D eigenvalue weighted by atomic mass is 9.49. The van der Waals surface area contributed by atoms with Crippen LogP contribution in [0.15, 0.2) is 102 Å². The average molecular weight is 1080 g/mol. The number of aromatic nitrogens is 6. The zero-order valence-electron chi connectivity index (χ0n) is 43.6. The Hall–Kier alpha value is -7.15. The van der Waals surface area contributed by atoms with Crippen LogP contribution < -0.4 is 20.1 Å². The van der Waals surface area contributed by atoms with Crippen LogP contribution in [0.4, 0.5) is 16.0 Å². The number of aliphatic hydroxyl groups excluding tert-OH is 1. The van der Waals surface area contributed by atoms with Crippen molar-refractivity contribution in [3.05, 3.63) is 125 Å². The molecular formula is C59H63ClFN11O6. The molecule has 7 aromatic rings. The molecule has 19 heteroatoms. The SMILES string of the molecule is CC(C)[C@@H](C(=O)N1C[C@H](O)C[C@H]1C(=O)NOc1ccc(-c2ccccc2F)cc1)c1onc(C2CC3(C2)CC(N2CCC(c4cnc(N5C6CCC5CN(c5c[nH]c7nnc(-c8ccccc8O)cc57)C6)nc4)CC2)C3)c1Cl. The van der Waals surface area contributed by atoms with Gasteiger partial charge in [0.25, 0.3) is 5.91 Å². The fourth-order valence-electron chi connectivity index (χ4n) is 13.9. The zero-order valence-corrected chi connectivity index (χ0v) is 44.4. The number of para-hydroxylation sites is 1. The Labute approximate surface area is 456 Å². The number of aromatic amines is 1. The number of carbonyl (C=O) groups excluding carboxylic acids is 2. The number of aliphatic hydroxyl groups is 1. The Morgan fingerprint density at radius 3 is 2.28 bits per heavy atom. The van der Waals surface area contributed by atoms with Gasteiger partial charge >= 0.3 is 0 Å². The number of piperazine rings is 1. The van der Waals surface area contributed by atoms with Crippen LogP contribution in [0.2, 0.25) is 5.02 Å². The van der Waals surface area contributed by atoms with Gasteiger partial charge in [0.1, 0.15) is 34.2 Å². The molecule has 4 aliphatic heterocycles. The normalized spacial score (nSPS) is 25.6. The standard InChI is InChI=1S/C59H63ClFN11O6/c1-33(2)51(57(76)71-32-41(73)21-48(71)56(75)68-77-42-15-11-35(12-16-42)43-7-3-5-9-46(43)61)54-52(60)53(67-78-54)36-23-59(24-36)25-40(26-59)69-19-17-34(18-20-69)37-27-63-58(64-28-37)72-38-13-14-39(72)31-70(30-38)49-29-62-55-45(49)22-47(65-66-55)44-8-4-6-10-50(44)74/h3-12,15-16,22,27-29,33-34,36,38-41,48,51,73-74H,13-14,17-21,23-26,30-32H2,1-2H3,(H,62,66)(H,68,75)/t36?,38?,39?,40?,41-,48+,51-,59?/m1/s1. The minimum atomic E-state index is -0.990. The van der Waals surface area contributed by atoms with E-state index in [-0.39, 0.29) is 47.7 Å². The number of rotatable bonds is 13. The van der Waals surface area contributed by atoms with Gasteiger partial charge in [0.2, 0.25) is 11.9 Å².